The summed E-state index contributed by atoms with van der Waals surface area (Å²) in [5, 5.41) is 110. The van der Waals surface area contributed by atoms with Crippen LogP contribution in [0.1, 0.15) is 82.5 Å². The number of hydrogen-bond donors (Lipinski definition) is 16. The second-order valence-corrected chi connectivity index (χ2v) is 18.1. The number of hydrazine groups is 1. The summed E-state index contributed by atoms with van der Waals surface area (Å²) < 4.78 is 24.3. The van der Waals surface area contributed by atoms with Crippen LogP contribution < -0.4 is 43.2 Å². The molecule has 0 aliphatic carbocycles. The number of rotatable bonds is 34. The highest BCUT2D eigenvalue weighted by atomic mass is 16.7. The van der Waals surface area contributed by atoms with E-state index >= 15 is 0 Å². The van der Waals surface area contributed by atoms with E-state index in [4.69, 9.17) is 24.8 Å². The molecule has 7 amide bonds. The first kappa shape index (κ1) is 63.6. The minimum Gasteiger partial charge on any atom is -0.394 e. The van der Waals surface area contributed by atoms with Crippen LogP contribution in [0, 0.1) is 0 Å². The Morgan fingerprint density at radius 1 is 0.584 bits per heavy atom. The molecule has 33 heteroatoms. The number of nitrogens with one attached hydrogen (secondary N) is 7. The van der Waals surface area contributed by atoms with Crippen molar-refractivity contribution in [2.24, 2.45) is 5.84 Å². The van der Waals surface area contributed by atoms with Crippen molar-refractivity contribution in [3.05, 3.63) is 23.8 Å². The first-order chi connectivity index (χ1) is 36.8. The molecule has 12 atom stereocenters. The molecule has 2 aromatic heterocycles. The summed E-state index contributed by atoms with van der Waals surface area (Å²) in [6.07, 6.45) is -10.0. The first-order valence-electron chi connectivity index (χ1n) is 25.1. The molecule has 4 heterocycles. The Morgan fingerprint density at radius 2 is 1.04 bits per heavy atom. The van der Waals surface area contributed by atoms with Crippen LogP contribution in [0.4, 0.5) is 0 Å². The number of nitrogens with two attached hydrogens (primary N) is 1. The van der Waals surface area contributed by atoms with Crippen LogP contribution in [0.2, 0.25) is 0 Å². The summed E-state index contributed by atoms with van der Waals surface area (Å²) in [5.74, 6) is 1.57. The molecule has 2 aliphatic rings. The lowest BCUT2D eigenvalue weighted by Crippen LogP contribution is -2.59. The molecule has 0 saturated carbocycles. The van der Waals surface area contributed by atoms with Crippen molar-refractivity contribution in [3.63, 3.8) is 0 Å². The Hall–Kier alpha value is -5.95. The van der Waals surface area contributed by atoms with E-state index < -0.39 is 122 Å². The summed E-state index contributed by atoms with van der Waals surface area (Å²) in [7, 11) is 0. The predicted molar refractivity (Wildman–Crippen MR) is 257 cm³/mol. The molecule has 0 spiro atoms. The maximum Gasteiger partial charge on any atom is 0.242 e. The number of aliphatic hydroxyl groups is 8. The average molecular weight is 1100 g/mol. The molecule has 2 saturated heterocycles. The van der Waals surface area contributed by atoms with Crippen molar-refractivity contribution in [2.45, 2.75) is 171 Å². The lowest BCUT2D eigenvalue weighted by Gasteiger charge is -2.39. The van der Waals surface area contributed by atoms with Gasteiger partial charge in [-0.1, -0.05) is 16.8 Å². The van der Waals surface area contributed by atoms with E-state index in [0.717, 1.165) is 0 Å². The molecule has 2 aliphatic heterocycles. The van der Waals surface area contributed by atoms with Gasteiger partial charge in [-0.15, -0.1) is 10.2 Å². The molecule has 2 fully saturated rings. The zero-order valence-corrected chi connectivity index (χ0v) is 42.6. The van der Waals surface area contributed by atoms with Crippen molar-refractivity contribution in [1.82, 2.24) is 67.3 Å². The highest BCUT2D eigenvalue weighted by molar-refractivity contribution is 5.89. The van der Waals surface area contributed by atoms with E-state index in [1.165, 1.54) is 28.7 Å². The minimum absolute atomic E-state index is 0.0188. The highest BCUT2D eigenvalue weighted by Gasteiger charge is 2.45. The summed E-state index contributed by atoms with van der Waals surface area (Å²) in [5.41, 5.74) is 2.77. The van der Waals surface area contributed by atoms with Gasteiger partial charge >= 0.3 is 0 Å². The third-order valence-corrected chi connectivity index (χ3v) is 12.1. The van der Waals surface area contributed by atoms with Crippen molar-refractivity contribution < 1.29 is 93.4 Å². The Bertz CT molecular complexity index is 2170. The lowest BCUT2D eigenvalue weighted by atomic mass is 9.99. The van der Waals surface area contributed by atoms with E-state index in [0.29, 0.717) is 30.7 Å². The number of ether oxygens (including phenoxy) is 4. The van der Waals surface area contributed by atoms with Crippen molar-refractivity contribution in [1.29, 1.82) is 0 Å². The summed E-state index contributed by atoms with van der Waals surface area (Å²) in [4.78, 5) is 88.5. The van der Waals surface area contributed by atoms with Gasteiger partial charge in [-0.05, 0) is 32.1 Å². The standard InChI is InChI=1S/C44H74N14O19/c1-24(61)50-27(8-10-31(62)48-18-25-20-57(55-53-25)14-16-74-43-39(70)37(68)35(66)29(22-59)76-43)41(72)47-13-5-7-33(64)51-28(42(73)46-12-4-2-3-6-34(65)52-45)9-11-32(63)49-19-26-21-58(56-54-26)15-17-75-44-40(71)38(69)36(67)30(23-60)77-44/h20-21,27-30,35-40,43-44,59-60,66-71H,2-19,22-23,45H2,1H3,(H,46,73)(H,47,72)(H,48,62)(H,49,63)(H,50,61)(H,51,64)(H,52,65)/t27?,28?,29-,30-,35-,36-,37+,38+,39+,40+,43+,44+/m1/s1. The van der Waals surface area contributed by atoms with Gasteiger partial charge in [0.05, 0.1) is 65.0 Å². The molecule has 0 radical (unpaired) electrons. The van der Waals surface area contributed by atoms with Gasteiger partial charge in [0.15, 0.2) is 12.6 Å². The van der Waals surface area contributed by atoms with Crippen molar-refractivity contribution >= 4 is 41.4 Å². The van der Waals surface area contributed by atoms with Gasteiger partial charge in [0.2, 0.25) is 41.4 Å². The third-order valence-electron chi connectivity index (χ3n) is 12.1. The smallest absolute Gasteiger partial charge is 0.242 e. The molecule has 434 valence electrons. The van der Waals surface area contributed by atoms with Gasteiger partial charge < -0.3 is 91.7 Å². The van der Waals surface area contributed by atoms with Crippen LogP contribution in [0.15, 0.2) is 12.4 Å². The van der Waals surface area contributed by atoms with Crippen LogP contribution in [0.3, 0.4) is 0 Å². The maximum absolute atomic E-state index is 13.3. The lowest BCUT2D eigenvalue weighted by molar-refractivity contribution is -0.301. The first-order valence-corrected chi connectivity index (χ1v) is 25.1. The largest absolute Gasteiger partial charge is 0.394 e. The van der Waals surface area contributed by atoms with Gasteiger partial charge in [-0.2, -0.15) is 0 Å². The summed E-state index contributed by atoms with van der Waals surface area (Å²) in [6.45, 7) is 0.187. The van der Waals surface area contributed by atoms with E-state index in [2.05, 4.69) is 52.5 Å². The second kappa shape index (κ2) is 33.4. The van der Waals surface area contributed by atoms with Gasteiger partial charge in [-0.25, -0.2) is 15.2 Å². The number of carbonyl (C=O) groups excluding carboxylic acids is 7. The molecular weight excluding hydrogens is 1030 g/mol. The molecule has 4 rings (SSSR count). The number of aromatic nitrogens is 6. The van der Waals surface area contributed by atoms with E-state index in [9.17, 15) is 74.4 Å². The van der Waals surface area contributed by atoms with Crippen LogP contribution >= 0.6 is 0 Å². The Balaban J connectivity index is 1.17. The predicted octanol–water partition coefficient (Wildman–Crippen LogP) is -8.45. The highest BCUT2D eigenvalue weighted by Crippen LogP contribution is 2.23. The molecule has 2 aromatic rings. The van der Waals surface area contributed by atoms with Crippen LogP contribution in [0.25, 0.3) is 0 Å². The van der Waals surface area contributed by atoms with Crippen LogP contribution in [-0.2, 0) is 78.7 Å². The van der Waals surface area contributed by atoms with Gasteiger partial charge in [0.25, 0.3) is 0 Å². The molecule has 33 nitrogen and oxygen atoms in total. The number of hydrogen-bond acceptors (Lipinski definition) is 24. The second-order valence-electron chi connectivity index (χ2n) is 18.1. The van der Waals surface area contributed by atoms with E-state index in [1.54, 1.807) is 0 Å². The fourth-order valence-electron chi connectivity index (χ4n) is 7.73. The quantitative estimate of drug-likeness (QED) is 0.0134. The molecular formula is C44H74N14O19. The molecule has 77 heavy (non-hydrogen) atoms. The van der Waals surface area contributed by atoms with E-state index in [-0.39, 0.29) is 103 Å². The fourth-order valence-corrected chi connectivity index (χ4v) is 7.73. The summed E-state index contributed by atoms with van der Waals surface area (Å²) in [6, 6.07) is -2.24. The Morgan fingerprint density at radius 3 is 1.49 bits per heavy atom. The molecule has 17 N–H and O–H groups in total. The van der Waals surface area contributed by atoms with E-state index in [1.807, 2.05) is 5.43 Å². The third kappa shape index (κ3) is 21.8. The number of nitrogens with zero attached hydrogens (tertiary/aromatic N) is 6. The van der Waals surface area contributed by atoms with Crippen LogP contribution in [-0.4, -0.2) is 225 Å². The van der Waals surface area contributed by atoms with Gasteiger partial charge in [0.1, 0.15) is 72.3 Å². The minimum atomic E-state index is -1.60. The molecule has 2 unspecified atom stereocenters. The van der Waals surface area contributed by atoms with Crippen molar-refractivity contribution in [3.8, 4) is 0 Å². The molecule has 0 aromatic carbocycles. The van der Waals surface area contributed by atoms with Crippen LogP contribution in [0.5, 0.6) is 0 Å². The number of amides is 7. The van der Waals surface area contributed by atoms with Crippen molar-refractivity contribution in [2.75, 3.05) is 39.5 Å². The SMILES string of the molecule is CC(=O)NC(CCC(=O)NCc1cn(CCO[C@H]2O[C@H](CO)[C@@H](O)[C@H](O)[C@@H]2O)nn1)C(=O)NCCCC(=O)NC(CCC(=O)NCc1cn(CCO[C@H]2O[C@H](CO)[C@@H](O)[C@H](O)[C@@H]2O)nn1)C(=O)NCCCCCC(=O)NN. The number of unbranched alkanes of at least 4 members (excludes halogenated alkanes) is 2. The fraction of sp³-hybridized carbons (Fsp3) is 0.750. The maximum atomic E-state index is 13.3. The monoisotopic (exact) mass is 1100 g/mol. The van der Waals surface area contributed by atoms with Gasteiger partial charge in [-0.3, -0.25) is 39.0 Å². The molecule has 0 bridgehead atoms. The zero-order valence-electron chi connectivity index (χ0n) is 42.6. The average Bonchev–Trinajstić information content (AvgIpc) is 4.09. The topological polar surface area (TPSA) is 490 Å². The number of aliphatic hydroxyl groups excluding tert-OH is 8. The summed E-state index contributed by atoms with van der Waals surface area (Å²) >= 11 is 0. The normalized spacial score (nSPS) is 24.0. The zero-order chi connectivity index (χ0) is 56.4. The number of carbonyl (C=O) groups is 7. The Labute approximate surface area is 441 Å². The Kier molecular flexibility index (Phi) is 27.6. The van der Waals surface area contributed by atoms with Gasteiger partial charge in [0, 0.05) is 45.7 Å².